The molecule has 1 aliphatic heterocycles. The molecule has 0 aromatic heterocycles. The second-order valence-electron chi connectivity index (χ2n) is 5.81. The van der Waals surface area contributed by atoms with E-state index in [0.717, 1.165) is 11.8 Å². The smallest absolute Gasteiger partial charge is 0.344 e. The van der Waals surface area contributed by atoms with Gasteiger partial charge in [-0.3, -0.25) is 4.79 Å². The summed E-state index contributed by atoms with van der Waals surface area (Å²) in [5.74, 6) is -2.21. The summed E-state index contributed by atoms with van der Waals surface area (Å²) in [5.41, 5.74) is 0.564. The van der Waals surface area contributed by atoms with Crippen molar-refractivity contribution in [2.75, 3.05) is 6.61 Å². The van der Waals surface area contributed by atoms with Crippen LogP contribution >= 0.6 is 23.4 Å². The highest BCUT2D eigenvalue weighted by Gasteiger charge is 2.34. The summed E-state index contributed by atoms with van der Waals surface area (Å²) in [6, 6.07) is 12.0. The first-order chi connectivity index (χ1) is 13.9. The zero-order chi connectivity index (χ0) is 21.0. The van der Waals surface area contributed by atoms with Crippen molar-refractivity contribution in [3.8, 4) is 0 Å². The molecule has 0 atom stereocenters. The van der Waals surface area contributed by atoms with Crippen molar-refractivity contribution >= 4 is 46.4 Å². The van der Waals surface area contributed by atoms with Gasteiger partial charge in [-0.2, -0.15) is 0 Å². The summed E-state index contributed by atoms with van der Waals surface area (Å²) in [5, 5.41) is 10.8. The third-order valence-corrected chi connectivity index (χ3v) is 5.19. The Hall–Kier alpha value is -2.90. The van der Waals surface area contributed by atoms with E-state index < -0.39 is 17.7 Å². The number of halogens is 2. The Balaban J connectivity index is 2.02. The van der Waals surface area contributed by atoms with Crippen LogP contribution in [0.2, 0.25) is 5.02 Å². The second-order valence-corrected chi connectivity index (χ2v) is 7.25. The summed E-state index contributed by atoms with van der Waals surface area (Å²) in [4.78, 5) is 29.2. The molecule has 1 heterocycles. The van der Waals surface area contributed by atoms with Gasteiger partial charge in [0.05, 0.1) is 22.1 Å². The number of aliphatic imine (C=N–C) groups is 1. The van der Waals surface area contributed by atoms with E-state index in [1.54, 1.807) is 31.2 Å². The van der Waals surface area contributed by atoms with Gasteiger partial charge in [0.15, 0.2) is 0 Å². The van der Waals surface area contributed by atoms with E-state index in [1.165, 1.54) is 30.3 Å². The summed E-state index contributed by atoms with van der Waals surface area (Å²) >= 11 is 6.98. The minimum Gasteiger partial charge on any atom is -0.506 e. The third-order valence-electron chi connectivity index (χ3n) is 3.85. The number of thioether (sulfide) groups is 1. The van der Waals surface area contributed by atoms with Crippen LogP contribution in [0.3, 0.4) is 0 Å². The van der Waals surface area contributed by atoms with Gasteiger partial charge in [-0.15, -0.1) is 0 Å². The van der Waals surface area contributed by atoms with Crippen LogP contribution in [0.25, 0.3) is 6.08 Å². The fourth-order valence-corrected chi connectivity index (χ4v) is 3.72. The lowest BCUT2D eigenvalue weighted by molar-refractivity contribution is -0.138. The van der Waals surface area contributed by atoms with Gasteiger partial charge >= 0.3 is 5.97 Å². The number of carbonyl (C=O) groups is 2. The Kier molecular flexibility index (Phi) is 6.51. The third kappa shape index (κ3) is 4.75. The standard InChI is InChI=1S/C21H15ClFNO4S/c1-2-28-21(27)17-18(25)16(11-12-7-9-13(23)10-8-12)29-20(17)24-19(26)14-5-3-4-6-15(14)22/h3-11,25H,2H2,1H3/b16-11-,24-20?. The van der Waals surface area contributed by atoms with E-state index in [-0.39, 0.29) is 38.5 Å². The lowest BCUT2D eigenvalue weighted by Gasteiger charge is -2.04. The number of aliphatic hydroxyl groups excluding tert-OH is 1. The maximum atomic E-state index is 13.1. The number of nitrogens with zero attached hydrogens (tertiary/aromatic N) is 1. The molecule has 0 saturated heterocycles. The van der Waals surface area contributed by atoms with Gasteiger partial charge < -0.3 is 9.84 Å². The van der Waals surface area contributed by atoms with Crippen LogP contribution in [0.5, 0.6) is 0 Å². The fraction of sp³-hybridized carbons (Fsp3) is 0.0952. The molecule has 3 rings (SSSR count). The lowest BCUT2D eigenvalue weighted by atomic mass is 10.1. The normalized spacial score (nSPS) is 16.5. The van der Waals surface area contributed by atoms with Gasteiger partial charge in [0.2, 0.25) is 0 Å². The highest BCUT2D eigenvalue weighted by atomic mass is 35.5. The maximum Gasteiger partial charge on any atom is 0.344 e. The Bertz CT molecular complexity index is 1060. The minimum atomic E-state index is -0.800. The predicted octanol–water partition coefficient (Wildman–Crippen LogP) is 5.18. The molecule has 1 amide bonds. The molecule has 0 radical (unpaired) electrons. The monoisotopic (exact) mass is 431 g/mol. The Labute approximate surface area is 175 Å². The molecule has 8 heteroatoms. The van der Waals surface area contributed by atoms with Crippen LogP contribution in [0, 0.1) is 5.82 Å². The molecule has 148 valence electrons. The number of benzene rings is 2. The number of carbonyl (C=O) groups excluding carboxylic acids is 2. The number of ether oxygens (including phenoxy) is 1. The first kappa shape index (κ1) is 20.8. The average Bonchev–Trinajstić information content (AvgIpc) is 2.99. The van der Waals surface area contributed by atoms with Crippen LogP contribution in [0.15, 0.2) is 69.8 Å². The molecule has 29 heavy (non-hydrogen) atoms. The van der Waals surface area contributed by atoms with E-state index in [0.29, 0.717) is 5.56 Å². The first-order valence-electron chi connectivity index (χ1n) is 8.54. The van der Waals surface area contributed by atoms with Crippen LogP contribution in [-0.4, -0.2) is 28.6 Å². The topological polar surface area (TPSA) is 76.0 Å². The summed E-state index contributed by atoms with van der Waals surface area (Å²) < 4.78 is 18.1. The Morgan fingerprint density at radius 2 is 1.90 bits per heavy atom. The van der Waals surface area contributed by atoms with Crippen molar-refractivity contribution in [3.63, 3.8) is 0 Å². The molecule has 2 aromatic rings. The second kappa shape index (κ2) is 9.07. The molecule has 2 aromatic carbocycles. The van der Waals surface area contributed by atoms with E-state index in [2.05, 4.69) is 4.99 Å². The van der Waals surface area contributed by atoms with Gasteiger partial charge in [-0.05, 0) is 42.8 Å². The number of rotatable bonds is 4. The largest absolute Gasteiger partial charge is 0.506 e. The van der Waals surface area contributed by atoms with Crippen LogP contribution < -0.4 is 0 Å². The number of amides is 1. The van der Waals surface area contributed by atoms with Crippen LogP contribution in [0.1, 0.15) is 22.8 Å². The molecular formula is C21H15ClFNO4S. The van der Waals surface area contributed by atoms with E-state index in [1.807, 2.05) is 0 Å². The van der Waals surface area contributed by atoms with Crippen molar-refractivity contribution < 1.29 is 23.8 Å². The SMILES string of the molecule is CCOC(=O)C1=C(O)/C(=C/c2ccc(F)cc2)SC1=NC(=O)c1ccccc1Cl. The van der Waals surface area contributed by atoms with E-state index in [9.17, 15) is 19.1 Å². The van der Waals surface area contributed by atoms with Crippen molar-refractivity contribution in [1.82, 2.24) is 0 Å². The zero-order valence-electron chi connectivity index (χ0n) is 15.2. The molecule has 0 spiro atoms. The molecule has 0 fully saturated rings. The molecule has 0 bridgehead atoms. The minimum absolute atomic E-state index is 0.000712. The maximum absolute atomic E-state index is 13.1. The quantitative estimate of drug-likeness (QED) is 0.675. The number of aliphatic hydroxyl groups is 1. The van der Waals surface area contributed by atoms with Crippen molar-refractivity contribution in [1.29, 1.82) is 0 Å². The zero-order valence-corrected chi connectivity index (χ0v) is 16.8. The van der Waals surface area contributed by atoms with Gasteiger partial charge in [-0.25, -0.2) is 14.2 Å². The first-order valence-corrected chi connectivity index (χ1v) is 9.74. The molecule has 0 saturated carbocycles. The lowest BCUT2D eigenvalue weighted by Crippen LogP contribution is -2.14. The van der Waals surface area contributed by atoms with Crippen molar-refractivity contribution in [3.05, 3.63) is 86.7 Å². The highest BCUT2D eigenvalue weighted by Crippen LogP contribution is 2.39. The van der Waals surface area contributed by atoms with Gasteiger partial charge in [0, 0.05) is 0 Å². The van der Waals surface area contributed by atoms with Crippen LogP contribution in [0.4, 0.5) is 4.39 Å². The highest BCUT2D eigenvalue weighted by molar-refractivity contribution is 8.18. The van der Waals surface area contributed by atoms with Gasteiger partial charge in [0.25, 0.3) is 5.91 Å². The van der Waals surface area contributed by atoms with Crippen LogP contribution in [-0.2, 0) is 9.53 Å². The number of hydrogen-bond acceptors (Lipinski definition) is 5. The molecule has 0 unspecified atom stereocenters. The molecule has 1 aliphatic rings. The van der Waals surface area contributed by atoms with E-state index >= 15 is 0 Å². The number of esters is 1. The Morgan fingerprint density at radius 1 is 1.21 bits per heavy atom. The molecular weight excluding hydrogens is 417 g/mol. The molecule has 1 N–H and O–H groups in total. The summed E-state index contributed by atoms with van der Waals surface area (Å²) in [6.07, 6.45) is 1.56. The van der Waals surface area contributed by atoms with E-state index in [4.69, 9.17) is 16.3 Å². The molecule has 0 aliphatic carbocycles. The van der Waals surface area contributed by atoms with Crippen molar-refractivity contribution in [2.45, 2.75) is 6.92 Å². The Morgan fingerprint density at radius 3 is 2.55 bits per heavy atom. The summed E-state index contributed by atoms with van der Waals surface area (Å²) in [6.45, 7) is 1.71. The summed E-state index contributed by atoms with van der Waals surface area (Å²) in [7, 11) is 0. The van der Waals surface area contributed by atoms with Gasteiger partial charge in [0.1, 0.15) is 22.2 Å². The predicted molar refractivity (Wildman–Crippen MR) is 111 cm³/mol. The van der Waals surface area contributed by atoms with Gasteiger partial charge in [-0.1, -0.05) is 47.6 Å². The molecule has 5 nitrogen and oxygen atoms in total. The number of hydrogen-bond donors (Lipinski definition) is 1. The average molecular weight is 432 g/mol. The van der Waals surface area contributed by atoms with Crippen molar-refractivity contribution in [2.24, 2.45) is 4.99 Å². The fourth-order valence-electron chi connectivity index (χ4n) is 2.49.